The maximum absolute atomic E-state index is 9.26. The minimum atomic E-state index is -0.137. The Morgan fingerprint density at radius 3 is 2.83 bits per heavy atom. The van der Waals surface area contributed by atoms with Gasteiger partial charge < -0.3 is 21.1 Å². The highest BCUT2D eigenvalue weighted by atomic mass is 32.2. The van der Waals surface area contributed by atoms with Gasteiger partial charge in [-0.1, -0.05) is 36.0 Å². The van der Waals surface area contributed by atoms with Gasteiger partial charge in [-0.25, -0.2) is 9.97 Å². The summed E-state index contributed by atoms with van der Waals surface area (Å²) in [5.41, 5.74) is 9.38. The van der Waals surface area contributed by atoms with Crippen molar-refractivity contribution in [3.63, 3.8) is 0 Å². The monoisotopic (exact) mass is 344 g/mol. The van der Waals surface area contributed by atoms with Crippen LogP contribution in [0.4, 0.5) is 11.8 Å². The Kier molecular flexibility index (Phi) is 4.86. The number of thioether (sulfide) groups is 1. The zero-order chi connectivity index (χ0) is 17.1. The predicted octanol–water partition coefficient (Wildman–Crippen LogP) is 2.33. The number of nitrogens with zero attached hydrogens (tertiary/aromatic N) is 3. The summed E-state index contributed by atoms with van der Waals surface area (Å²) in [6.45, 7) is 3.96. The summed E-state index contributed by atoms with van der Waals surface area (Å²) in [6.07, 6.45) is 0. The van der Waals surface area contributed by atoms with Crippen LogP contribution >= 0.6 is 11.8 Å². The molecule has 0 radical (unpaired) electrons. The average Bonchev–Trinajstić information content (AvgIpc) is 2.94. The fourth-order valence-corrected chi connectivity index (χ4v) is 3.17. The standard InChI is InChI=1S/C16H20N6OS/c1-9-5-3-4-6-11(9)8-24-16-21-13(18-10(2)7-23)12-14(22-16)20-15(17)19-12/h3-6,10,23H,7-8H2,1-2H3,(H4,17,18,19,20,21,22)/t10-/m1/s1. The van der Waals surface area contributed by atoms with Gasteiger partial charge in [0, 0.05) is 11.8 Å². The molecule has 0 bridgehead atoms. The highest BCUT2D eigenvalue weighted by Gasteiger charge is 2.14. The molecule has 3 aromatic rings. The number of aliphatic hydroxyl groups excluding tert-OH is 1. The molecule has 3 rings (SSSR count). The topological polar surface area (TPSA) is 113 Å². The van der Waals surface area contributed by atoms with Gasteiger partial charge in [-0.2, -0.15) is 4.98 Å². The van der Waals surface area contributed by atoms with E-state index in [2.05, 4.69) is 44.3 Å². The van der Waals surface area contributed by atoms with E-state index in [1.165, 1.54) is 11.1 Å². The maximum Gasteiger partial charge on any atom is 0.200 e. The second-order valence-electron chi connectivity index (χ2n) is 5.62. The number of aliphatic hydroxyl groups is 1. The number of aryl methyl sites for hydroxylation is 1. The van der Waals surface area contributed by atoms with E-state index < -0.39 is 0 Å². The lowest BCUT2D eigenvalue weighted by Crippen LogP contribution is -2.20. The number of nitrogens with two attached hydrogens (primary N) is 1. The van der Waals surface area contributed by atoms with Gasteiger partial charge in [0.2, 0.25) is 0 Å². The Morgan fingerprint density at radius 2 is 2.08 bits per heavy atom. The molecule has 0 saturated carbocycles. The van der Waals surface area contributed by atoms with Crippen molar-refractivity contribution in [2.75, 3.05) is 17.7 Å². The Morgan fingerprint density at radius 1 is 1.29 bits per heavy atom. The van der Waals surface area contributed by atoms with Gasteiger partial charge in [0.1, 0.15) is 5.52 Å². The first-order valence-electron chi connectivity index (χ1n) is 7.64. The molecule has 8 heteroatoms. The number of anilines is 2. The van der Waals surface area contributed by atoms with E-state index in [-0.39, 0.29) is 12.6 Å². The number of fused-ring (bicyclic) bond motifs is 1. The van der Waals surface area contributed by atoms with Gasteiger partial charge in [0.05, 0.1) is 6.61 Å². The molecule has 2 aromatic heterocycles. The smallest absolute Gasteiger partial charge is 0.200 e. The van der Waals surface area contributed by atoms with E-state index in [4.69, 9.17) is 5.73 Å². The molecule has 0 aliphatic heterocycles. The summed E-state index contributed by atoms with van der Waals surface area (Å²) >= 11 is 1.54. The van der Waals surface area contributed by atoms with Crippen molar-refractivity contribution < 1.29 is 5.11 Å². The largest absolute Gasteiger partial charge is 0.394 e. The molecule has 0 aliphatic carbocycles. The molecule has 0 aliphatic rings. The van der Waals surface area contributed by atoms with E-state index in [0.717, 1.165) is 5.75 Å². The number of nitrogen functional groups attached to an aromatic ring is 1. The van der Waals surface area contributed by atoms with Crippen molar-refractivity contribution >= 4 is 34.7 Å². The first-order valence-corrected chi connectivity index (χ1v) is 8.63. The number of imidazole rings is 1. The fourth-order valence-electron chi connectivity index (χ4n) is 2.26. The third kappa shape index (κ3) is 3.60. The molecule has 126 valence electrons. The van der Waals surface area contributed by atoms with Crippen LogP contribution in [-0.4, -0.2) is 37.7 Å². The highest BCUT2D eigenvalue weighted by Crippen LogP contribution is 2.26. The summed E-state index contributed by atoms with van der Waals surface area (Å²) in [7, 11) is 0. The number of aromatic nitrogens is 4. The molecular weight excluding hydrogens is 324 g/mol. The molecule has 0 spiro atoms. The molecule has 0 fully saturated rings. The molecule has 1 aromatic carbocycles. The van der Waals surface area contributed by atoms with Crippen molar-refractivity contribution in [1.29, 1.82) is 0 Å². The van der Waals surface area contributed by atoms with E-state index in [1.54, 1.807) is 11.8 Å². The Balaban J connectivity index is 1.89. The Bertz CT molecular complexity index is 850. The molecular formula is C16H20N6OS. The number of aromatic amines is 1. The quantitative estimate of drug-likeness (QED) is 0.401. The normalized spacial score (nSPS) is 12.5. The van der Waals surface area contributed by atoms with Crippen LogP contribution in [0.2, 0.25) is 0 Å². The Hall–Kier alpha value is -2.32. The van der Waals surface area contributed by atoms with Crippen LogP contribution in [0.5, 0.6) is 0 Å². The van der Waals surface area contributed by atoms with Crippen LogP contribution in [0.25, 0.3) is 11.2 Å². The van der Waals surface area contributed by atoms with Gasteiger partial charge in [0.15, 0.2) is 22.6 Å². The summed E-state index contributed by atoms with van der Waals surface area (Å²) < 4.78 is 0. The molecule has 2 heterocycles. The van der Waals surface area contributed by atoms with Gasteiger partial charge in [-0.15, -0.1) is 0 Å². The van der Waals surface area contributed by atoms with Gasteiger partial charge in [0.25, 0.3) is 0 Å². The third-order valence-electron chi connectivity index (χ3n) is 3.62. The van der Waals surface area contributed by atoms with Crippen LogP contribution in [0.3, 0.4) is 0 Å². The van der Waals surface area contributed by atoms with Crippen molar-refractivity contribution in [1.82, 2.24) is 19.9 Å². The zero-order valence-electron chi connectivity index (χ0n) is 13.6. The highest BCUT2D eigenvalue weighted by molar-refractivity contribution is 7.98. The van der Waals surface area contributed by atoms with E-state index >= 15 is 0 Å². The third-order valence-corrected chi connectivity index (χ3v) is 4.52. The summed E-state index contributed by atoms with van der Waals surface area (Å²) in [5, 5.41) is 13.0. The van der Waals surface area contributed by atoms with Gasteiger partial charge >= 0.3 is 0 Å². The van der Waals surface area contributed by atoms with E-state index in [0.29, 0.717) is 28.1 Å². The first kappa shape index (κ1) is 16.5. The Labute approximate surface area is 144 Å². The average molecular weight is 344 g/mol. The number of rotatable bonds is 6. The van der Waals surface area contributed by atoms with Crippen LogP contribution < -0.4 is 11.1 Å². The van der Waals surface area contributed by atoms with Crippen molar-refractivity contribution in [2.45, 2.75) is 30.8 Å². The lowest BCUT2D eigenvalue weighted by Gasteiger charge is -2.12. The second-order valence-corrected chi connectivity index (χ2v) is 6.56. The van der Waals surface area contributed by atoms with Crippen molar-refractivity contribution in [2.24, 2.45) is 0 Å². The lowest BCUT2D eigenvalue weighted by molar-refractivity contribution is 0.281. The number of hydrogen-bond donors (Lipinski definition) is 4. The molecule has 5 N–H and O–H groups in total. The first-order chi connectivity index (χ1) is 11.6. The van der Waals surface area contributed by atoms with Crippen LogP contribution in [0, 0.1) is 6.92 Å². The van der Waals surface area contributed by atoms with Gasteiger partial charge in [-0.05, 0) is 25.0 Å². The number of nitrogens with one attached hydrogen (secondary N) is 2. The van der Waals surface area contributed by atoms with Gasteiger partial charge in [-0.3, -0.25) is 0 Å². The minimum Gasteiger partial charge on any atom is -0.394 e. The van der Waals surface area contributed by atoms with E-state index in [9.17, 15) is 5.11 Å². The van der Waals surface area contributed by atoms with Crippen LogP contribution in [0.15, 0.2) is 29.4 Å². The lowest BCUT2D eigenvalue weighted by atomic mass is 10.1. The molecule has 0 unspecified atom stereocenters. The number of hydrogen-bond acceptors (Lipinski definition) is 7. The van der Waals surface area contributed by atoms with Crippen molar-refractivity contribution in [3.05, 3.63) is 35.4 Å². The molecule has 1 atom stereocenters. The fraction of sp³-hybridized carbons (Fsp3) is 0.312. The predicted molar refractivity (Wildman–Crippen MR) is 97.0 cm³/mol. The van der Waals surface area contributed by atoms with Crippen molar-refractivity contribution in [3.8, 4) is 0 Å². The SMILES string of the molecule is Cc1ccccc1CSc1nc(N[C@H](C)CO)c2[nH]c(N)nc2n1. The van der Waals surface area contributed by atoms with Crippen LogP contribution in [0.1, 0.15) is 18.1 Å². The minimum absolute atomic E-state index is 0.000795. The number of H-pyrrole nitrogens is 1. The molecule has 0 amide bonds. The molecule has 7 nitrogen and oxygen atoms in total. The maximum atomic E-state index is 9.26. The summed E-state index contributed by atoms with van der Waals surface area (Å²) in [5.74, 6) is 1.66. The zero-order valence-corrected chi connectivity index (χ0v) is 14.4. The summed E-state index contributed by atoms with van der Waals surface area (Å²) in [6, 6.07) is 8.10. The summed E-state index contributed by atoms with van der Waals surface area (Å²) in [4.78, 5) is 16.2. The second kappa shape index (κ2) is 7.06. The molecule has 0 saturated heterocycles. The van der Waals surface area contributed by atoms with Crippen LogP contribution in [-0.2, 0) is 5.75 Å². The number of benzene rings is 1. The molecule has 24 heavy (non-hydrogen) atoms. The van der Waals surface area contributed by atoms with E-state index in [1.807, 2.05) is 19.1 Å².